The van der Waals surface area contributed by atoms with Crippen LogP contribution in [0.1, 0.15) is 19.3 Å². The first kappa shape index (κ1) is 15.4. The van der Waals surface area contributed by atoms with Crippen LogP contribution in [0.15, 0.2) is 29.2 Å². The molecule has 0 aliphatic carbocycles. The minimum atomic E-state index is -3.52. The Labute approximate surface area is 119 Å². The third-order valence-electron chi connectivity index (χ3n) is 3.71. The van der Waals surface area contributed by atoms with Crippen molar-refractivity contribution in [3.8, 4) is 0 Å². The molecule has 1 fully saturated rings. The van der Waals surface area contributed by atoms with Gasteiger partial charge < -0.3 is 4.74 Å². The van der Waals surface area contributed by atoms with E-state index < -0.39 is 15.8 Å². The lowest BCUT2D eigenvalue weighted by atomic mass is 9.97. The van der Waals surface area contributed by atoms with Crippen LogP contribution in [0.25, 0.3) is 0 Å². The molecule has 4 nitrogen and oxygen atoms in total. The van der Waals surface area contributed by atoms with Crippen molar-refractivity contribution >= 4 is 10.0 Å². The number of benzene rings is 1. The number of hydrogen-bond donors (Lipinski definition) is 0. The predicted molar refractivity (Wildman–Crippen MR) is 74.4 cm³/mol. The molecule has 1 aromatic rings. The SMILES string of the molecule is CN(CCC1CCOCC1)S(=O)(=O)c1ccc(F)cc1. The molecule has 112 valence electrons. The van der Waals surface area contributed by atoms with Crippen LogP contribution in [0.4, 0.5) is 4.39 Å². The van der Waals surface area contributed by atoms with Gasteiger partial charge >= 0.3 is 0 Å². The first-order chi connectivity index (χ1) is 9.50. The quantitative estimate of drug-likeness (QED) is 0.838. The maximum atomic E-state index is 12.8. The molecule has 0 atom stereocenters. The lowest BCUT2D eigenvalue weighted by Crippen LogP contribution is -2.30. The van der Waals surface area contributed by atoms with Gasteiger partial charge in [-0.2, -0.15) is 0 Å². The molecule has 2 rings (SSSR count). The highest BCUT2D eigenvalue weighted by Crippen LogP contribution is 2.21. The van der Waals surface area contributed by atoms with Crippen molar-refractivity contribution in [2.45, 2.75) is 24.2 Å². The van der Waals surface area contributed by atoms with Gasteiger partial charge in [0.2, 0.25) is 10.0 Å². The molecule has 0 radical (unpaired) electrons. The Kier molecular flexibility index (Phi) is 5.12. The molecule has 1 heterocycles. The highest BCUT2D eigenvalue weighted by atomic mass is 32.2. The van der Waals surface area contributed by atoms with Gasteiger partial charge in [-0.1, -0.05) is 0 Å². The van der Waals surface area contributed by atoms with Crippen molar-refractivity contribution in [1.29, 1.82) is 0 Å². The van der Waals surface area contributed by atoms with Gasteiger partial charge in [0.05, 0.1) is 4.90 Å². The molecule has 0 spiro atoms. The molecule has 20 heavy (non-hydrogen) atoms. The van der Waals surface area contributed by atoms with Crippen LogP contribution in [0.3, 0.4) is 0 Å². The van der Waals surface area contributed by atoms with E-state index in [-0.39, 0.29) is 4.90 Å². The van der Waals surface area contributed by atoms with E-state index >= 15 is 0 Å². The maximum absolute atomic E-state index is 12.8. The predicted octanol–water partition coefficient (Wildman–Crippen LogP) is 2.26. The number of nitrogens with zero attached hydrogens (tertiary/aromatic N) is 1. The van der Waals surface area contributed by atoms with Crippen molar-refractivity contribution in [3.05, 3.63) is 30.1 Å². The van der Waals surface area contributed by atoms with E-state index in [2.05, 4.69) is 0 Å². The Morgan fingerprint density at radius 2 is 1.85 bits per heavy atom. The van der Waals surface area contributed by atoms with Crippen LogP contribution in [0, 0.1) is 11.7 Å². The summed E-state index contributed by atoms with van der Waals surface area (Å²) in [5.74, 6) is 0.0865. The van der Waals surface area contributed by atoms with Crippen molar-refractivity contribution in [2.24, 2.45) is 5.92 Å². The Morgan fingerprint density at radius 3 is 2.45 bits per heavy atom. The molecule has 1 aliphatic heterocycles. The van der Waals surface area contributed by atoms with Gasteiger partial charge in [-0.15, -0.1) is 0 Å². The summed E-state index contributed by atoms with van der Waals surface area (Å²) in [6.07, 6.45) is 2.81. The molecule has 0 amide bonds. The molecular weight excluding hydrogens is 281 g/mol. The summed E-state index contributed by atoms with van der Waals surface area (Å²) in [7, 11) is -1.95. The molecule has 0 saturated carbocycles. The summed E-state index contributed by atoms with van der Waals surface area (Å²) in [4.78, 5) is 0.133. The fourth-order valence-electron chi connectivity index (χ4n) is 2.31. The second-order valence-electron chi connectivity index (χ2n) is 5.12. The number of hydrogen-bond acceptors (Lipinski definition) is 3. The molecule has 0 aromatic heterocycles. The lowest BCUT2D eigenvalue weighted by molar-refractivity contribution is 0.0628. The first-order valence-corrected chi connectivity index (χ1v) is 8.24. The van der Waals surface area contributed by atoms with Gasteiger partial charge in [-0.05, 0) is 49.4 Å². The molecule has 1 aromatic carbocycles. The van der Waals surface area contributed by atoms with E-state index in [9.17, 15) is 12.8 Å². The van der Waals surface area contributed by atoms with E-state index in [0.717, 1.165) is 32.5 Å². The number of sulfonamides is 1. The summed E-state index contributed by atoms with van der Waals surface area (Å²) in [6, 6.07) is 4.93. The second-order valence-corrected chi connectivity index (χ2v) is 7.17. The molecular formula is C14H20FNO3S. The van der Waals surface area contributed by atoms with Crippen LogP contribution >= 0.6 is 0 Å². The lowest BCUT2D eigenvalue weighted by Gasteiger charge is -2.24. The topological polar surface area (TPSA) is 46.6 Å². The fraction of sp³-hybridized carbons (Fsp3) is 0.571. The third kappa shape index (κ3) is 3.77. The van der Waals surface area contributed by atoms with Crippen LogP contribution in [-0.4, -0.2) is 39.5 Å². The Balaban J connectivity index is 1.96. The second kappa shape index (κ2) is 6.65. The van der Waals surface area contributed by atoms with Crippen LogP contribution < -0.4 is 0 Å². The van der Waals surface area contributed by atoms with Gasteiger partial charge in [0, 0.05) is 26.8 Å². The summed E-state index contributed by atoms with van der Waals surface area (Å²) in [6.45, 7) is 2.00. The van der Waals surface area contributed by atoms with Crippen LogP contribution in [-0.2, 0) is 14.8 Å². The third-order valence-corrected chi connectivity index (χ3v) is 5.59. The smallest absolute Gasteiger partial charge is 0.242 e. The van der Waals surface area contributed by atoms with Crippen molar-refractivity contribution in [3.63, 3.8) is 0 Å². The highest BCUT2D eigenvalue weighted by molar-refractivity contribution is 7.89. The normalized spacial score (nSPS) is 17.6. The number of halogens is 1. The summed E-state index contributed by atoms with van der Waals surface area (Å²) in [5.41, 5.74) is 0. The molecule has 0 N–H and O–H groups in total. The van der Waals surface area contributed by atoms with Crippen molar-refractivity contribution in [1.82, 2.24) is 4.31 Å². The van der Waals surface area contributed by atoms with Gasteiger partial charge in [-0.25, -0.2) is 17.1 Å². The first-order valence-electron chi connectivity index (χ1n) is 6.80. The summed E-state index contributed by atoms with van der Waals surface area (Å²) < 4.78 is 44.1. The standard InChI is InChI=1S/C14H20FNO3S/c1-16(9-6-12-7-10-19-11-8-12)20(17,18)14-4-2-13(15)3-5-14/h2-5,12H,6-11H2,1H3. The highest BCUT2D eigenvalue weighted by Gasteiger charge is 2.22. The van der Waals surface area contributed by atoms with E-state index in [1.807, 2.05) is 0 Å². The van der Waals surface area contributed by atoms with E-state index in [4.69, 9.17) is 4.74 Å². The minimum absolute atomic E-state index is 0.133. The van der Waals surface area contributed by atoms with Gasteiger partial charge in [0.15, 0.2) is 0 Å². The van der Waals surface area contributed by atoms with E-state index in [0.29, 0.717) is 12.5 Å². The minimum Gasteiger partial charge on any atom is -0.381 e. The molecule has 1 aliphatic rings. The van der Waals surface area contributed by atoms with Gasteiger partial charge in [0.1, 0.15) is 5.82 Å². The molecule has 0 unspecified atom stereocenters. The largest absolute Gasteiger partial charge is 0.381 e. The van der Waals surface area contributed by atoms with Gasteiger partial charge in [0.25, 0.3) is 0 Å². The fourth-order valence-corrected chi connectivity index (χ4v) is 3.49. The zero-order valence-corrected chi connectivity index (χ0v) is 12.4. The average molecular weight is 301 g/mol. The van der Waals surface area contributed by atoms with Gasteiger partial charge in [-0.3, -0.25) is 0 Å². The average Bonchev–Trinajstić information content (AvgIpc) is 2.46. The monoisotopic (exact) mass is 301 g/mol. The number of ether oxygens (including phenoxy) is 1. The molecule has 6 heteroatoms. The van der Waals surface area contributed by atoms with Crippen molar-refractivity contribution < 1.29 is 17.5 Å². The number of rotatable bonds is 5. The van der Waals surface area contributed by atoms with E-state index in [1.165, 1.54) is 28.6 Å². The summed E-state index contributed by atoms with van der Waals surface area (Å²) in [5, 5.41) is 0. The zero-order valence-electron chi connectivity index (χ0n) is 11.6. The Morgan fingerprint density at radius 1 is 1.25 bits per heavy atom. The summed E-state index contributed by atoms with van der Waals surface area (Å²) >= 11 is 0. The van der Waals surface area contributed by atoms with E-state index in [1.54, 1.807) is 7.05 Å². The molecule has 0 bridgehead atoms. The molecule has 1 saturated heterocycles. The zero-order chi connectivity index (χ0) is 14.6. The van der Waals surface area contributed by atoms with Crippen LogP contribution in [0.5, 0.6) is 0 Å². The Hall–Kier alpha value is -0.980. The Bertz CT molecular complexity index is 524. The maximum Gasteiger partial charge on any atom is 0.242 e. The van der Waals surface area contributed by atoms with Crippen molar-refractivity contribution in [2.75, 3.05) is 26.8 Å². The van der Waals surface area contributed by atoms with Crippen LogP contribution in [0.2, 0.25) is 0 Å².